The van der Waals surface area contributed by atoms with Crippen molar-refractivity contribution >= 4 is 27.4 Å². The number of pyridine rings is 1. The van der Waals surface area contributed by atoms with Crippen molar-refractivity contribution in [1.82, 2.24) is 8.10 Å². The molecule has 2 aliphatic rings. The summed E-state index contributed by atoms with van der Waals surface area (Å²) < 4.78 is 114. The van der Waals surface area contributed by atoms with Gasteiger partial charge in [-0.3, -0.25) is 0 Å². The molecule has 0 bridgehead atoms. The van der Waals surface area contributed by atoms with Gasteiger partial charge in [0.1, 0.15) is 0 Å². The van der Waals surface area contributed by atoms with E-state index in [0.717, 1.165) is 22.5 Å². The van der Waals surface area contributed by atoms with E-state index in [9.17, 15) is 49.5 Å². The van der Waals surface area contributed by atoms with Crippen molar-refractivity contribution in [3.05, 3.63) is 70.4 Å². The van der Waals surface area contributed by atoms with Gasteiger partial charge in [-0.05, 0) is 0 Å². The molecule has 0 unspecified atom stereocenters. The number of nitrogens with zero attached hydrogens (tertiary/aromatic N) is 3. The molecule has 232 valence electrons. The Balaban J connectivity index is 1.65. The molecule has 5 rings (SSSR count). The van der Waals surface area contributed by atoms with E-state index in [1.54, 1.807) is 3.11 Å². The number of aromatic amines is 1. The molecule has 1 fully saturated rings. The number of ether oxygens (including phenoxy) is 1. The number of benzene rings is 2. The zero-order valence-corrected chi connectivity index (χ0v) is 24.5. The standard InChI is InChI=1S/C25H20F6IN4O6S/c26-16-5-14(6-17(9-16)42-24(27)28)13-1-2-18-19(7-13)36(11-21-32-34(12-22(37)38)3-4-35(18)21)43(40,41)20-8-15(25(29,30)31)10-33-23(20)39/h1-2,5-10,21,24H,3-4,11-12H2,(H,33,39)(H,37,38)/q-1/t21-/m1/s1. The minimum atomic E-state index is -4.97. The van der Waals surface area contributed by atoms with Crippen LogP contribution in [0, 0.1) is 5.82 Å². The quantitative estimate of drug-likeness (QED) is 0.118. The van der Waals surface area contributed by atoms with Crippen LogP contribution in [0.2, 0.25) is 0 Å². The molecule has 1 atom stereocenters. The zero-order chi connectivity index (χ0) is 31.3. The number of rotatable bonds is 7. The fourth-order valence-corrected chi connectivity index (χ4v) is 9.88. The Hall–Kier alpha value is -3.52. The second kappa shape index (κ2) is 11.5. The predicted octanol–water partition coefficient (Wildman–Crippen LogP) is 0.547. The zero-order valence-electron chi connectivity index (χ0n) is 21.5. The summed E-state index contributed by atoms with van der Waals surface area (Å²) in [6, 6.07) is 7.34. The Labute approximate surface area is 250 Å². The van der Waals surface area contributed by atoms with Crippen LogP contribution < -0.4 is 41.0 Å². The van der Waals surface area contributed by atoms with Crippen LogP contribution in [-0.2, 0) is 21.0 Å². The molecular weight excluding hydrogens is 725 g/mol. The summed E-state index contributed by atoms with van der Waals surface area (Å²) in [6.45, 7) is -3.24. The summed E-state index contributed by atoms with van der Waals surface area (Å²) in [4.78, 5) is 26.4. The van der Waals surface area contributed by atoms with E-state index < -0.39 is 81.9 Å². The van der Waals surface area contributed by atoms with Crippen LogP contribution in [-0.4, -0.2) is 64.4 Å². The fourth-order valence-electron chi connectivity index (χ4n) is 4.72. The van der Waals surface area contributed by atoms with Gasteiger partial charge >= 0.3 is 251 Å². The van der Waals surface area contributed by atoms with Crippen molar-refractivity contribution in [2.24, 2.45) is 0 Å². The molecule has 43 heavy (non-hydrogen) atoms. The number of hydrogen-bond acceptors (Lipinski definition) is 7. The number of carboxylic acids is 1. The van der Waals surface area contributed by atoms with Crippen LogP contribution in [0.4, 0.5) is 37.7 Å². The summed E-state index contributed by atoms with van der Waals surface area (Å²) >= 11 is -1.15. The Kier molecular flexibility index (Phi) is 8.29. The number of carboxylic acid groups (broad SMARTS) is 1. The van der Waals surface area contributed by atoms with Gasteiger partial charge in [-0.2, -0.15) is 0 Å². The summed E-state index contributed by atoms with van der Waals surface area (Å²) in [7, 11) is -4.96. The van der Waals surface area contributed by atoms with Crippen molar-refractivity contribution in [2.75, 3.05) is 35.4 Å². The van der Waals surface area contributed by atoms with Gasteiger partial charge in [-0.1, -0.05) is 0 Å². The van der Waals surface area contributed by atoms with Crippen molar-refractivity contribution < 1.29 is 70.9 Å². The Morgan fingerprint density at radius 3 is 2.51 bits per heavy atom. The molecule has 2 N–H and O–H groups in total. The first-order chi connectivity index (χ1) is 20.1. The van der Waals surface area contributed by atoms with Crippen LogP contribution >= 0.6 is 0 Å². The fraction of sp³-hybridized carbons (Fsp3) is 0.280. The maximum absolute atomic E-state index is 14.3. The molecule has 0 amide bonds. The van der Waals surface area contributed by atoms with E-state index in [0.29, 0.717) is 18.4 Å². The van der Waals surface area contributed by atoms with Crippen molar-refractivity contribution in [3.8, 4) is 16.9 Å². The number of nitrogens with one attached hydrogen (secondary N) is 1. The molecule has 2 aromatic carbocycles. The third-order valence-electron chi connectivity index (χ3n) is 6.54. The summed E-state index contributed by atoms with van der Waals surface area (Å²) in [5.74, 6) is -2.51. The summed E-state index contributed by atoms with van der Waals surface area (Å²) in [5, 5.41) is 9.25. The molecular formula is C25H20F6IN4O6S-. The Morgan fingerprint density at radius 2 is 1.84 bits per heavy atom. The van der Waals surface area contributed by atoms with Gasteiger partial charge in [0.2, 0.25) is 0 Å². The SMILES string of the molecule is O=C(O)CN1CCN2c3ccc(-c4cc(F)cc(OC(F)F)c4)cc3N(S(=O)(=O)c3cc(C(F)(F)F)c[nH]c3=O)C[C@@H]2[I-]1. The van der Waals surface area contributed by atoms with E-state index in [1.807, 2.05) is 9.88 Å². The Bertz CT molecular complexity index is 1740. The molecule has 1 aromatic heterocycles. The van der Waals surface area contributed by atoms with E-state index in [4.69, 9.17) is 0 Å². The van der Waals surface area contributed by atoms with E-state index >= 15 is 0 Å². The monoisotopic (exact) mass is 745 g/mol. The number of halogens is 7. The van der Waals surface area contributed by atoms with E-state index in [1.165, 1.54) is 18.2 Å². The summed E-state index contributed by atoms with van der Waals surface area (Å²) in [5.41, 5.74) is -2.23. The molecule has 0 spiro atoms. The van der Waals surface area contributed by atoms with Gasteiger partial charge < -0.3 is 0 Å². The van der Waals surface area contributed by atoms with Crippen molar-refractivity contribution in [1.29, 1.82) is 0 Å². The molecule has 2 aliphatic heterocycles. The normalized spacial score (nSPS) is 17.7. The average Bonchev–Trinajstić information content (AvgIpc) is 2.90. The number of fused-ring (bicyclic) bond motifs is 3. The second-order valence-electron chi connectivity index (χ2n) is 9.34. The molecule has 0 aliphatic carbocycles. The molecule has 10 nitrogen and oxygen atoms in total. The van der Waals surface area contributed by atoms with Crippen LogP contribution in [0.1, 0.15) is 5.56 Å². The first kappa shape index (κ1) is 30.9. The van der Waals surface area contributed by atoms with Crippen LogP contribution in [0.5, 0.6) is 5.75 Å². The molecule has 0 saturated carbocycles. The molecule has 18 heteroatoms. The van der Waals surface area contributed by atoms with Crippen molar-refractivity contribution in [3.63, 3.8) is 0 Å². The third kappa shape index (κ3) is 6.40. The van der Waals surface area contributed by atoms with E-state index in [2.05, 4.69) is 4.74 Å². The summed E-state index contributed by atoms with van der Waals surface area (Å²) in [6.07, 6.45) is -4.62. The molecule has 3 heterocycles. The first-order valence-corrected chi connectivity index (χ1v) is 15.9. The Morgan fingerprint density at radius 1 is 1.09 bits per heavy atom. The molecule has 0 radical (unpaired) electrons. The minimum absolute atomic E-state index is 0.0357. The van der Waals surface area contributed by atoms with Gasteiger partial charge in [0.15, 0.2) is 0 Å². The van der Waals surface area contributed by atoms with Crippen LogP contribution in [0.25, 0.3) is 11.1 Å². The van der Waals surface area contributed by atoms with Gasteiger partial charge in [0.05, 0.1) is 0 Å². The van der Waals surface area contributed by atoms with Gasteiger partial charge in [0.25, 0.3) is 0 Å². The van der Waals surface area contributed by atoms with E-state index in [-0.39, 0.29) is 42.5 Å². The first-order valence-electron chi connectivity index (χ1n) is 12.2. The number of sulfonamides is 1. The molecule has 3 aromatic rings. The number of alkyl halides is 6. The van der Waals surface area contributed by atoms with Crippen LogP contribution in [0.15, 0.2) is 58.4 Å². The van der Waals surface area contributed by atoms with Gasteiger partial charge in [-0.25, -0.2) is 0 Å². The molecule has 1 saturated heterocycles. The maximum atomic E-state index is 14.3. The number of carbonyl (C=O) groups is 1. The topological polar surface area (TPSA) is 123 Å². The van der Waals surface area contributed by atoms with Crippen molar-refractivity contribution in [2.45, 2.75) is 21.7 Å². The average molecular weight is 745 g/mol. The second-order valence-corrected chi connectivity index (χ2v) is 14.5. The van der Waals surface area contributed by atoms with Gasteiger partial charge in [0, 0.05) is 0 Å². The number of H-pyrrole nitrogens is 1. The number of aromatic nitrogens is 1. The number of anilines is 2. The van der Waals surface area contributed by atoms with Gasteiger partial charge in [-0.15, -0.1) is 0 Å². The third-order valence-corrected chi connectivity index (χ3v) is 11.6. The van der Waals surface area contributed by atoms with Crippen LogP contribution in [0.3, 0.4) is 0 Å². The number of aliphatic carboxylic acids is 1. The predicted molar refractivity (Wildman–Crippen MR) is 135 cm³/mol. The number of hydrogen-bond donors (Lipinski definition) is 2.